The zero-order chi connectivity index (χ0) is 16.0. The molecular weight excluding hydrogens is 268 g/mol. The fourth-order valence-electron chi connectivity index (χ4n) is 1.83. The summed E-state index contributed by atoms with van der Waals surface area (Å²) in [4.78, 5) is 23.0. The number of carbonyl (C=O) groups excluding carboxylic acids is 1. The van der Waals surface area contributed by atoms with Gasteiger partial charge in [-0.05, 0) is 57.9 Å². The fourth-order valence-corrected chi connectivity index (χ4v) is 1.83. The van der Waals surface area contributed by atoms with Gasteiger partial charge in [-0.1, -0.05) is 17.2 Å². The number of allylic oxidation sites excluding steroid dienone is 4. The highest BCUT2D eigenvalue weighted by Gasteiger charge is 2.13. The summed E-state index contributed by atoms with van der Waals surface area (Å²) in [6, 6.07) is 3.68. The van der Waals surface area contributed by atoms with Crippen LogP contribution in [0.25, 0.3) is 0 Å². The van der Waals surface area contributed by atoms with Crippen LogP contribution in [-0.2, 0) is 0 Å². The van der Waals surface area contributed by atoms with Crippen molar-refractivity contribution in [2.45, 2.75) is 33.6 Å². The lowest BCUT2D eigenvalue weighted by Crippen LogP contribution is -2.02. The maximum atomic E-state index is 12.1. The molecule has 4 heteroatoms. The largest absolute Gasteiger partial charge is 0.507 e. The first-order chi connectivity index (χ1) is 9.81. The quantitative estimate of drug-likeness (QED) is 0.472. The molecular formula is C17H20O4. The fraction of sp³-hybridized carbons (Fsp3) is 0.294. The molecule has 21 heavy (non-hydrogen) atoms. The molecule has 1 aromatic rings. The summed E-state index contributed by atoms with van der Waals surface area (Å²) in [5.41, 5.74) is 2.10. The molecule has 1 rings (SSSR count). The molecule has 0 atom stereocenters. The number of rotatable bonds is 6. The van der Waals surface area contributed by atoms with Crippen molar-refractivity contribution in [2.24, 2.45) is 0 Å². The number of benzene rings is 1. The third-order valence-corrected chi connectivity index (χ3v) is 2.98. The first kappa shape index (κ1) is 16.7. The maximum Gasteiger partial charge on any atom is 0.335 e. The van der Waals surface area contributed by atoms with Crippen LogP contribution in [0.5, 0.6) is 5.75 Å². The van der Waals surface area contributed by atoms with E-state index in [1.54, 1.807) is 0 Å². The average molecular weight is 288 g/mol. The van der Waals surface area contributed by atoms with Crippen LogP contribution in [0, 0.1) is 0 Å². The van der Waals surface area contributed by atoms with Gasteiger partial charge in [0.15, 0.2) is 5.78 Å². The summed E-state index contributed by atoms with van der Waals surface area (Å²) in [5.74, 6) is -1.73. The lowest BCUT2D eigenvalue weighted by Gasteiger charge is -2.04. The summed E-state index contributed by atoms with van der Waals surface area (Å²) in [6.07, 6.45) is 5.12. The summed E-state index contributed by atoms with van der Waals surface area (Å²) in [7, 11) is 0. The number of phenols is 1. The first-order valence-corrected chi connectivity index (χ1v) is 6.72. The minimum atomic E-state index is -1.13. The van der Waals surface area contributed by atoms with Crippen LogP contribution in [0.1, 0.15) is 54.3 Å². The third-order valence-electron chi connectivity index (χ3n) is 2.98. The van der Waals surface area contributed by atoms with E-state index in [1.165, 1.54) is 29.8 Å². The van der Waals surface area contributed by atoms with E-state index in [1.807, 2.05) is 20.8 Å². The average Bonchev–Trinajstić information content (AvgIpc) is 2.38. The van der Waals surface area contributed by atoms with Crippen LogP contribution in [0.4, 0.5) is 0 Å². The van der Waals surface area contributed by atoms with E-state index >= 15 is 0 Å². The molecule has 0 radical (unpaired) electrons. The number of aromatic hydroxyl groups is 1. The molecule has 0 fully saturated rings. The van der Waals surface area contributed by atoms with Gasteiger partial charge in [-0.2, -0.15) is 0 Å². The zero-order valence-corrected chi connectivity index (χ0v) is 12.5. The van der Waals surface area contributed by atoms with Crippen LogP contribution in [-0.4, -0.2) is 22.0 Å². The lowest BCUT2D eigenvalue weighted by molar-refractivity contribution is 0.0697. The predicted octanol–water partition coefficient (Wildman–Crippen LogP) is 3.97. The normalized spacial score (nSPS) is 11.1. The summed E-state index contributed by atoms with van der Waals surface area (Å²) < 4.78 is 0. The number of aromatic carboxylic acids is 1. The standard InChI is InChI=1S/C17H20O4/c1-11(2)5-4-6-12(3)9-16(19)14-10-13(17(20)21)7-8-15(14)18/h5,7-10,18H,4,6H2,1-3H3,(H,20,21)/b12-9+. The number of carbonyl (C=O) groups is 2. The molecule has 0 amide bonds. The van der Waals surface area contributed by atoms with Gasteiger partial charge in [-0.15, -0.1) is 0 Å². The second-order valence-corrected chi connectivity index (χ2v) is 5.21. The highest BCUT2D eigenvalue weighted by atomic mass is 16.4. The Hall–Kier alpha value is -2.36. The van der Waals surface area contributed by atoms with Crippen molar-refractivity contribution in [1.29, 1.82) is 0 Å². The van der Waals surface area contributed by atoms with Crippen molar-refractivity contribution < 1.29 is 19.8 Å². The Morgan fingerprint density at radius 3 is 2.43 bits per heavy atom. The molecule has 0 saturated heterocycles. The SMILES string of the molecule is CC(C)=CCC/C(C)=C/C(=O)c1cc(C(=O)O)ccc1O. The summed E-state index contributed by atoms with van der Waals surface area (Å²) in [6.45, 7) is 5.87. The van der Waals surface area contributed by atoms with Crippen molar-refractivity contribution in [3.05, 3.63) is 52.6 Å². The Bertz CT molecular complexity index is 605. The van der Waals surface area contributed by atoms with E-state index < -0.39 is 5.97 Å². The van der Waals surface area contributed by atoms with Crippen LogP contribution in [0.15, 0.2) is 41.5 Å². The Balaban J connectivity index is 2.90. The van der Waals surface area contributed by atoms with E-state index in [4.69, 9.17) is 5.11 Å². The summed E-state index contributed by atoms with van der Waals surface area (Å²) >= 11 is 0. The smallest absolute Gasteiger partial charge is 0.335 e. The van der Waals surface area contributed by atoms with Gasteiger partial charge in [0, 0.05) is 0 Å². The Labute approximate surface area is 124 Å². The summed E-state index contributed by atoms with van der Waals surface area (Å²) in [5, 5.41) is 18.6. The van der Waals surface area contributed by atoms with Crippen molar-refractivity contribution in [1.82, 2.24) is 0 Å². The van der Waals surface area contributed by atoms with Gasteiger partial charge in [-0.3, -0.25) is 4.79 Å². The topological polar surface area (TPSA) is 74.6 Å². The van der Waals surface area contributed by atoms with Crippen molar-refractivity contribution in [3.8, 4) is 5.75 Å². The zero-order valence-electron chi connectivity index (χ0n) is 12.5. The molecule has 0 spiro atoms. The molecule has 2 N–H and O–H groups in total. The molecule has 112 valence electrons. The maximum absolute atomic E-state index is 12.1. The van der Waals surface area contributed by atoms with Gasteiger partial charge >= 0.3 is 5.97 Å². The van der Waals surface area contributed by atoms with E-state index in [-0.39, 0.29) is 22.7 Å². The highest BCUT2D eigenvalue weighted by Crippen LogP contribution is 2.20. The molecule has 0 unspecified atom stereocenters. The Morgan fingerprint density at radius 1 is 1.19 bits per heavy atom. The molecule has 0 aromatic heterocycles. The molecule has 0 bridgehead atoms. The predicted molar refractivity (Wildman–Crippen MR) is 81.8 cm³/mol. The van der Waals surface area contributed by atoms with Gasteiger partial charge in [0.2, 0.25) is 0 Å². The van der Waals surface area contributed by atoms with Crippen molar-refractivity contribution in [3.63, 3.8) is 0 Å². The van der Waals surface area contributed by atoms with Gasteiger partial charge in [0.05, 0.1) is 11.1 Å². The van der Waals surface area contributed by atoms with Crippen molar-refractivity contribution in [2.75, 3.05) is 0 Å². The molecule has 0 saturated carbocycles. The second kappa shape index (κ2) is 7.43. The molecule has 4 nitrogen and oxygen atoms in total. The van der Waals surface area contributed by atoms with Gasteiger partial charge < -0.3 is 10.2 Å². The van der Waals surface area contributed by atoms with E-state index in [2.05, 4.69) is 6.08 Å². The molecule has 0 aliphatic carbocycles. The van der Waals surface area contributed by atoms with Gasteiger partial charge in [0.1, 0.15) is 5.75 Å². The molecule has 1 aromatic carbocycles. The molecule has 0 aliphatic heterocycles. The minimum absolute atomic E-state index is 0.0106. The third kappa shape index (κ3) is 5.26. The Morgan fingerprint density at radius 2 is 1.86 bits per heavy atom. The van der Waals surface area contributed by atoms with E-state index in [0.717, 1.165) is 18.4 Å². The second-order valence-electron chi connectivity index (χ2n) is 5.21. The minimum Gasteiger partial charge on any atom is -0.507 e. The van der Waals surface area contributed by atoms with Crippen LogP contribution in [0.3, 0.4) is 0 Å². The van der Waals surface area contributed by atoms with Crippen molar-refractivity contribution >= 4 is 11.8 Å². The lowest BCUT2D eigenvalue weighted by atomic mass is 10.0. The van der Waals surface area contributed by atoms with E-state index in [0.29, 0.717) is 0 Å². The van der Waals surface area contributed by atoms with Crippen LogP contribution in [0.2, 0.25) is 0 Å². The number of carboxylic acid groups (broad SMARTS) is 1. The monoisotopic (exact) mass is 288 g/mol. The van der Waals surface area contributed by atoms with E-state index in [9.17, 15) is 14.7 Å². The highest BCUT2D eigenvalue weighted by molar-refractivity contribution is 6.08. The van der Waals surface area contributed by atoms with Gasteiger partial charge in [0.25, 0.3) is 0 Å². The van der Waals surface area contributed by atoms with Gasteiger partial charge in [-0.25, -0.2) is 4.79 Å². The number of carboxylic acids is 1. The number of ketones is 1. The first-order valence-electron chi connectivity index (χ1n) is 6.72. The molecule has 0 heterocycles. The van der Waals surface area contributed by atoms with Crippen LogP contribution >= 0.6 is 0 Å². The molecule has 0 aliphatic rings. The Kier molecular flexibility index (Phi) is 5.91. The number of phenolic OH excluding ortho intramolecular Hbond substituents is 1. The number of hydrogen-bond donors (Lipinski definition) is 2. The van der Waals surface area contributed by atoms with Crippen LogP contribution < -0.4 is 0 Å². The number of hydrogen-bond acceptors (Lipinski definition) is 3.